The number of rotatable bonds is 10. The van der Waals surface area contributed by atoms with E-state index in [-0.39, 0.29) is 12.2 Å². The van der Waals surface area contributed by atoms with Crippen LogP contribution >= 0.6 is 0 Å². The first-order chi connectivity index (χ1) is 20.2. The highest BCUT2D eigenvalue weighted by Crippen LogP contribution is 2.35. The van der Waals surface area contributed by atoms with Crippen molar-refractivity contribution in [2.45, 2.75) is 92.0 Å². The number of nitrogens with one attached hydrogen (secondary N) is 2. The molecule has 0 saturated heterocycles. The summed E-state index contributed by atoms with van der Waals surface area (Å²) in [7, 11) is 0. The third kappa shape index (κ3) is 8.60. The van der Waals surface area contributed by atoms with Crippen molar-refractivity contribution in [1.29, 1.82) is 0 Å². The zero-order valence-corrected chi connectivity index (χ0v) is 26.5. The average Bonchev–Trinajstić information content (AvgIpc) is 2.94. The first-order valence-corrected chi connectivity index (χ1v) is 14.7. The molecule has 3 N–H and O–H groups in total. The normalized spacial score (nSPS) is 13.4. The molecule has 3 aromatic carbocycles. The van der Waals surface area contributed by atoms with E-state index in [0.717, 1.165) is 16.7 Å². The summed E-state index contributed by atoms with van der Waals surface area (Å²) in [6, 6.07) is 17.6. The van der Waals surface area contributed by atoms with Crippen molar-refractivity contribution >= 4 is 23.6 Å². The maximum atomic E-state index is 14.6. The van der Waals surface area contributed by atoms with Crippen LogP contribution in [0, 0.1) is 20.8 Å². The molecule has 0 bridgehead atoms. The lowest BCUT2D eigenvalue weighted by Gasteiger charge is -2.38. The number of benzene rings is 3. The van der Waals surface area contributed by atoms with Crippen molar-refractivity contribution < 1.29 is 24.2 Å². The molecule has 0 aliphatic heterocycles. The molecule has 0 fully saturated rings. The van der Waals surface area contributed by atoms with Gasteiger partial charge in [-0.3, -0.25) is 9.59 Å². The molecule has 230 valence electrons. The van der Waals surface area contributed by atoms with Gasteiger partial charge in [0, 0.05) is 23.7 Å². The molecule has 3 amide bonds. The van der Waals surface area contributed by atoms with Gasteiger partial charge in [-0.25, -0.2) is 4.79 Å². The molecule has 8 heteroatoms. The number of para-hydroxylation sites is 2. The summed E-state index contributed by atoms with van der Waals surface area (Å²) in [5.41, 5.74) is 3.32. The number of aryl methyl sites for hydroxylation is 3. The van der Waals surface area contributed by atoms with Gasteiger partial charge in [-0.15, -0.1) is 0 Å². The summed E-state index contributed by atoms with van der Waals surface area (Å²) in [6.45, 7) is 14.6. The Hall–Kier alpha value is -4.33. The maximum Gasteiger partial charge on any atom is 0.408 e. The first-order valence-electron chi connectivity index (χ1n) is 14.7. The van der Waals surface area contributed by atoms with Crippen molar-refractivity contribution in [3.05, 3.63) is 94.5 Å². The molecule has 0 radical (unpaired) electrons. The first kappa shape index (κ1) is 33.2. The van der Waals surface area contributed by atoms with Crippen LogP contribution in [0.5, 0.6) is 5.75 Å². The Morgan fingerprint density at radius 2 is 1.47 bits per heavy atom. The summed E-state index contributed by atoms with van der Waals surface area (Å²) < 4.78 is 5.52. The molecule has 0 aliphatic rings. The number of alkyl carbamates (subject to hydrolysis) is 1. The van der Waals surface area contributed by atoms with Gasteiger partial charge in [-0.05, 0) is 77.1 Å². The summed E-state index contributed by atoms with van der Waals surface area (Å²) >= 11 is 0. The zero-order chi connectivity index (χ0) is 31.9. The van der Waals surface area contributed by atoms with Gasteiger partial charge in [0.15, 0.2) is 0 Å². The molecule has 8 nitrogen and oxygen atoms in total. The topological polar surface area (TPSA) is 108 Å². The number of ether oxygens (including phenoxy) is 1. The number of carbonyl (C=O) groups excluding carboxylic acids is 3. The lowest BCUT2D eigenvalue weighted by atomic mass is 9.95. The highest BCUT2D eigenvalue weighted by atomic mass is 16.6. The second-order valence-corrected chi connectivity index (χ2v) is 12.1. The van der Waals surface area contributed by atoms with Crippen LogP contribution in [0.2, 0.25) is 0 Å². The number of amides is 3. The molecule has 0 aromatic heterocycles. The predicted molar refractivity (Wildman–Crippen MR) is 170 cm³/mol. The Kier molecular flexibility index (Phi) is 11.0. The fourth-order valence-corrected chi connectivity index (χ4v) is 5.00. The number of phenols is 1. The smallest absolute Gasteiger partial charge is 0.408 e. The number of hydrogen-bond donors (Lipinski definition) is 3. The van der Waals surface area contributed by atoms with Gasteiger partial charge in [-0.2, -0.15) is 0 Å². The van der Waals surface area contributed by atoms with Crippen LogP contribution in [-0.4, -0.2) is 45.6 Å². The van der Waals surface area contributed by atoms with E-state index in [2.05, 4.69) is 10.6 Å². The van der Waals surface area contributed by atoms with Crippen molar-refractivity contribution in [3.63, 3.8) is 0 Å². The van der Waals surface area contributed by atoms with Crippen molar-refractivity contribution in [1.82, 2.24) is 10.2 Å². The number of anilines is 1. The van der Waals surface area contributed by atoms with Crippen LogP contribution in [0.15, 0.2) is 66.7 Å². The van der Waals surface area contributed by atoms with E-state index >= 15 is 0 Å². The molecule has 0 saturated carbocycles. The fourth-order valence-electron chi connectivity index (χ4n) is 5.00. The van der Waals surface area contributed by atoms with Crippen LogP contribution in [0.25, 0.3) is 0 Å². The van der Waals surface area contributed by atoms with Crippen LogP contribution in [0.4, 0.5) is 10.5 Å². The summed E-state index contributed by atoms with van der Waals surface area (Å²) in [5.74, 6) is -1.00. The van der Waals surface area contributed by atoms with Gasteiger partial charge < -0.3 is 25.4 Å². The van der Waals surface area contributed by atoms with Crippen molar-refractivity contribution in [2.75, 3.05) is 5.32 Å². The molecule has 3 rings (SSSR count). The maximum absolute atomic E-state index is 14.6. The summed E-state index contributed by atoms with van der Waals surface area (Å²) in [6.07, 6.45) is -0.0341. The average molecular weight is 588 g/mol. The van der Waals surface area contributed by atoms with E-state index in [4.69, 9.17) is 4.74 Å². The second-order valence-electron chi connectivity index (χ2n) is 12.1. The van der Waals surface area contributed by atoms with Gasteiger partial charge in [0.05, 0.1) is 0 Å². The molecule has 3 unspecified atom stereocenters. The van der Waals surface area contributed by atoms with E-state index in [1.54, 1.807) is 45.9 Å². The van der Waals surface area contributed by atoms with Gasteiger partial charge >= 0.3 is 6.09 Å². The quantitative estimate of drug-likeness (QED) is 0.243. The van der Waals surface area contributed by atoms with Crippen LogP contribution in [0.3, 0.4) is 0 Å². The molecule has 3 atom stereocenters. The Balaban J connectivity index is 2.16. The Labute approximate surface area is 255 Å². The lowest BCUT2D eigenvalue weighted by Crippen LogP contribution is -2.55. The summed E-state index contributed by atoms with van der Waals surface area (Å²) in [5, 5.41) is 17.0. The van der Waals surface area contributed by atoms with E-state index in [9.17, 15) is 19.5 Å². The Bertz CT molecular complexity index is 1410. The molecule has 0 aliphatic carbocycles. The van der Waals surface area contributed by atoms with Crippen molar-refractivity contribution in [2.24, 2.45) is 0 Å². The molecule has 0 heterocycles. The number of hydrogen-bond acceptors (Lipinski definition) is 5. The van der Waals surface area contributed by atoms with E-state index in [0.29, 0.717) is 23.2 Å². The van der Waals surface area contributed by atoms with E-state index in [1.807, 2.05) is 76.2 Å². The van der Waals surface area contributed by atoms with E-state index < -0.39 is 41.6 Å². The molecule has 0 spiro atoms. The number of carbonyl (C=O) groups is 3. The Morgan fingerprint density at radius 1 is 0.884 bits per heavy atom. The summed E-state index contributed by atoms with van der Waals surface area (Å²) in [4.78, 5) is 43.4. The number of aromatic hydroxyl groups is 1. The Morgan fingerprint density at radius 3 is 2.05 bits per heavy atom. The predicted octanol–water partition coefficient (Wildman–Crippen LogP) is 6.76. The van der Waals surface area contributed by atoms with Crippen molar-refractivity contribution in [3.8, 4) is 5.75 Å². The largest absolute Gasteiger partial charge is 0.507 e. The van der Waals surface area contributed by atoms with Crippen LogP contribution < -0.4 is 10.6 Å². The minimum Gasteiger partial charge on any atom is -0.507 e. The van der Waals surface area contributed by atoms with Gasteiger partial charge in [-0.1, -0.05) is 73.7 Å². The third-order valence-corrected chi connectivity index (χ3v) is 7.41. The SMILES string of the molecule is CCC(C)N(C(=O)C(Cc1ccccc1)NC(=O)OC(C)(C)C)C(C(=O)Nc1c(C)cccc1C)c1cccc(C)c1O. The van der Waals surface area contributed by atoms with Gasteiger partial charge in [0.25, 0.3) is 5.91 Å². The molecular weight excluding hydrogens is 542 g/mol. The van der Waals surface area contributed by atoms with Gasteiger partial charge in [0.2, 0.25) is 5.91 Å². The standard InChI is InChI=1S/C35H45N3O5/c1-9-25(5)38(33(41)28(21-26-18-11-10-12-19-26)36-34(42)43-35(6,7)8)30(27-20-14-17-24(4)31(27)39)32(40)37-29-22(2)15-13-16-23(29)3/h10-20,25,28,30,39H,9,21H2,1-8H3,(H,36,42)(H,37,40). The minimum atomic E-state index is -1.19. The second kappa shape index (κ2) is 14.2. The molecular formula is C35H45N3O5. The number of nitrogens with zero attached hydrogens (tertiary/aromatic N) is 1. The monoisotopic (exact) mass is 587 g/mol. The highest BCUT2D eigenvalue weighted by Gasteiger charge is 2.40. The third-order valence-electron chi connectivity index (χ3n) is 7.41. The van der Waals surface area contributed by atoms with Gasteiger partial charge in [0.1, 0.15) is 23.4 Å². The van der Waals surface area contributed by atoms with Crippen LogP contribution in [0.1, 0.15) is 74.9 Å². The fraction of sp³-hybridized carbons (Fsp3) is 0.400. The highest BCUT2D eigenvalue weighted by molar-refractivity contribution is 6.00. The zero-order valence-electron chi connectivity index (χ0n) is 26.5. The minimum absolute atomic E-state index is 0.0648. The molecule has 43 heavy (non-hydrogen) atoms. The lowest BCUT2D eigenvalue weighted by molar-refractivity contribution is -0.143. The van der Waals surface area contributed by atoms with E-state index in [1.165, 1.54) is 4.90 Å². The molecule has 3 aromatic rings. The number of phenolic OH excluding ortho intramolecular Hbond substituents is 1. The van der Waals surface area contributed by atoms with Crippen LogP contribution in [-0.2, 0) is 20.7 Å².